The first-order valence-electron chi connectivity index (χ1n) is 5.84. The SMILES string of the molecule is CCC(C)C(=O)OC1CSCC(C)(C)CS1. The summed E-state index contributed by atoms with van der Waals surface area (Å²) in [6, 6.07) is 0. The topological polar surface area (TPSA) is 26.3 Å². The fourth-order valence-corrected chi connectivity index (χ4v) is 4.06. The molecule has 1 saturated heterocycles. The van der Waals surface area contributed by atoms with E-state index in [1.165, 1.54) is 0 Å². The molecule has 0 aromatic rings. The third-order valence-corrected chi connectivity index (χ3v) is 5.99. The van der Waals surface area contributed by atoms with Crippen LogP contribution < -0.4 is 0 Å². The molecule has 0 bridgehead atoms. The zero-order chi connectivity index (χ0) is 12.2. The Bertz CT molecular complexity index is 241. The molecule has 0 aliphatic carbocycles. The van der Waals surface area contributed by atoms with Crippen molar-refractivity contribution in [3.8, 4) is 0 Å². The number of ether oxygens (including phenoxy) is 1. The fraction of sp³-hybridized carbons (Fsp3) is 0.917. The molecule has 0 aromatic heterocycles. The zero-order valence-corrected chi connectivity index (χ0v) is 12.2. The predicted molar refractivity (Wildman–Crippen MR) is 72.9 cm³/mol. The minimum Gasteiger partial charge on any atom is -0.450 e. The van der Waals surface area contributed by atoms with E-state index in [0.717, 1.165) is 23.7 Å². The lowest BCUT2D eigenvalue weighted by Crippen LogP contribution is -2.22. The number of thioether (sulfide) groups is 2. The molecule has 0 aromatic carbocycles. The van der Waals surface area contributed by atoms with Crippen LogP contribution in [0.2, 0.25) is 0 Å². The molecule has 1 fully saturated rings. The summed E-state index contributed by atoms with van der Waals surface area (Å²) in [5.41, 5.74) is 0.403. The van der Waals surface area contributed by atoms with Crippen LogP contribution in [0.1, 0.15) is 34.1 Å². The Morgan fingerprint density at radius 3 is 2.81 bits per heavy atom. The standard InChI is InChI=1S/C12H22O2S2/c1-5-9(2)11(13)14-10-6-15-7-12(3,4)8-16-10/h9-10H,5-8H2,1-4H3. The average molecular weight is 262 g/mol. The lowest BCUT2D eigenvalue weighted by Gasteiger charge is -2.21. The first-order chi connectivity index (χ1) is 7.44. The van der Waals surface area contributed by atoms with Gasteiger partial charge >= 0.3 is 5.97 Å². The van der Waals surface area contributed by atoms with Gasteiger partial charge in [-0.2, -0.15) is 11.8 Å². The Morgan fingerprint density at radius 1 is 1.50 bits per heavy atom. The summed E-state index contributed by atoms with van der Waals surface area (Å²) in [5.74, 6) is 3.13. The van der Waals surface area contributed by atoms with Crippen molar-refractivity contribution in [1.82, 2.24) is 0 Å². The van der Waals surface area contributed by atoms with Gasteiger partial charge in [0.25, 0.3) is 0 Å². The molecular formula is C12H22O2S2. The highest BCUT2D eigenvalue weighted by atomic mass is 32.2. The Kier molecular flexibility index (Phi) is 5.51. The molecule has 2 unspecified atom stereocenters. The van der Waals surface area contributed by atoms with Gasteiger partial charge in [0.05, 0.1) is 5.92 Å². The van der Waals surface area contributed by atoms with E-state index in [0.29, 0.717) is 5.41 Å². The maximum absolute atomic E-state index is 11.7. The Morgan fingerprint density at radius 2 is 2.19 bits per heavy atom. The molecule has 0 spiro atoms. The molecule has 0 radical (unpaired) electrons. The van der Waals surface area contributed by atoms with Crippen LogP contribution in [0.3, 0.4) is 0 Å². The summed E-state index contributed by atoms with van der Waals surface area (Å²) in [7, 11) is 0. The normalized spacial score (nSPS) is 26.9. The highest BCUT2D eigenvalue weighted by molar-refractivity contribution is 8.03. The van der Waals surface area contributed by atoms with E-state index in [1.54, 1.807) is 11.8 Å². The molecule has 1 heterocycles. The second-order valence-corrected chi connectivity index (χ2v) is 7.34. The zero-order valence-electron chi connectivity index (χ0n) is 10.6. The van der Waals surface area contributed by atoms with Crippen LogP contribution in [0.4, 0.5) is 0 Å². The maximum Gasteiger partial charge on any atom is 0.309 e. The molecule has 1 rings (SSSR count). The number of carbonyl (C=O) groups excluding carboxylic acids is 1. The molecule has 1 aliphatic heterocycles. The molecule has 0 N–H and O–H groups in total. The monoisotopic (exact) mass is 262 g/mol. The molecule has 2 atom stereocenters. The van der Waals surface area contributed by atoms with Crippen LogP contribution in [-0.4, -0.2) is 28.7 Å². The quantitative estimate of drug-likeness (QED) is 0.728. The molecular weight excluding hydrogens is 240 g/mol. The molecule has 2 nitrogen and oxygen atoms in total. The van der Waals surface area contributed by atoms with Gasteiger partial charge in [0, 0.05) is 11.5 Å². The van der Waals surface area contributed by atoms with Gasteiger partial charge < -0.3 is 4.74 Å². The van der Waals surface area contributed by atoms with Crippen LogP contribution in [0.5, 0.6) is 0 Å². The van der Waals surface area contributed by atoms with Gasteiger partial charge in [-0.15, -0.1) is 11.8 Å². The first kappa shape index (κ1) is 14.2. The minimum absolute atomic E-state index is 0.0295. The van der Waals surface area contributed by atoms with E-state index in [2.05, 4.69) is 13.8 Å². The lowest BCUT2D eigenvalue weighted by molar-refractivity contribution is -0.148. The van der Waals surface area contributed by atoms with Crippen LogP contribution in [0, 0.1) is 11.3 Å². The van der Waals surface area contributed by atoms with E-state index in [9.17, 15) is 4.79 Å². The smallest absolute Gasteiger partial charge is 0.309 e. The van der Waals surface area contributed by atoms with Crippen molar-refractivity contribution >= 4 is 29.5 Å². The van der Waals surface area contributed by atoms with Gasteiger partial charge in [0.1, 0.15) is 0 Å². The number of hydrogen-bond donors (Lipinski definition) is 0. The Labute approximate surface area is 107 Å². The van der Waals surface area contributed by atoms with Crippen molar-refractivity contribution in [2.75, 3.05) is 17.3 Å². The lowest BCUT2D eigenvalue weighted by atomic mass is 10.0. The van der Waals surface area contributed by atoms with Crippen molar-refractivity contribution in [3.05, 3.63) is 0 Å². The molecule has 4 heteroatoms. The summed E-state index contributed by atoms with van der Waals surface area (Å²) in [5, 5.41) is 0. The first-order valence-corrected chi connectivity index (χ1v) is 8.05. The number of esters is 1. The van der Waals surface area contributed by atoms with Gasteiger partial charge in [0.2, 0.25) is 0 Å². The maximum atomic E-state index is 11.7. The van der Waals surface area contributed by atoms with E-state index >= 15 is 0 Å². The highest BCUT2D eigenvalue weighted by Crippen LogP contribution is 2.35. The molecule has 0 saturated carbocycles. The van der Waals surface area contributed by atoms with Gasteiger partial charge in [-0.25, -0.2) is 0 Å². The molecule has 1 aliphatic rings. The number of rotatable bonds is 3. The van der Waals surface area contributed by atoms with Crippen molar-refractivity contribution in [1.29, 1.82) is 0 Å². The summed E-state index contributed by atoms with van der Waals surface area (Å²) in [6.45, 7) is 8.49. The largest absolute Gasteiger partial charge is 0.450 e. The average Bonchev–Trinajstić information content (AvgIpc) is 2.39. The summed E-state index contributed by atoms with van der Waals surface area (Å²) in [4.78, 5) is 11.7. The van der Waals surface area contributed by atoms with Gasteiger partial charge in [0.15, 0.2) is 5.44 Å². The van der Waals surface area contributed by atoms with Crippen LogP contribution in [0.25, 0.3) is 0 Å². The number of carbonyl (C=O) groups is 1. The Hall–Kier alpha value is 0.170. The third kappa shape index (κ3) is 4.58. The van der Waals surface area contributed by atoms with Crippen molar-refractivity contribution in [2.24, 2.45) is 11.3 Å². The minimum atomic E-state index is -0.0414. The van der Waals surface area contributed by atoms with Crippen LogP contribution in [-0.2, 0) is 9.53 Å². The van der Waals surface area contributed by atoms with Crippen molar-refractivity contribution < 1.29 is 9.53 Å². The van der Waals surface area contributed by atoms with Crippen LogP contribution in [0.15, 0.2) is 0 Å². The van der Waals surface area contributed by atoms with E-state index in [4.69, 9.17) is 4.74 Å². The number of hydrogen-bond acceptors (Lipinski definition) is 4. The van der Waals surface area contributed by atoms with E-state index in [-0.39, 0.29) is 17.3 Å². The summed E-state index contributed by atoms with van der Waals surface area (Å²) >= 11 is 3.68. The second-order valence-electron chi connectivity index (χ2n) is 5.17. The summed E-state index contributed by atoms with van der Waals surface area (Å²) in [6.07, 6.45) is 0.856. The van der Waals surface area contributed by atoms with Crippen molar-refractivity contribution in [2.45, 2.75) is 39.6 Å². The third-order valence-electron chi connectivity index (χ3n) is 2.67. The molecule has 0 amide bonds. The predicted octanol–water partition coefficient (Wildman–Crippen LogP) is 3.41. The Balaban J connectivity index is 2.41. The molecule has 94 valence electrons. The van der Waals surface area contributed by atoms with Crippen LogP contribution >= 0.6 is 23.5 Å². The second kappa shape index (κ2) is 6.20. The van der Waals surface area contributed by atoms with Gasteiger partial charge in [-0.3, -0.25) is 4.79 Å². The molecule has 16 heavy (non-hydrogen) atoms. The highest BCUT2D eigenvalue weighted by Gasteiger charge is 2.27. The van der Waals surface area contributed by atoms with E-state index < -0.39 is 0 Å². The van der Waals surface area contributed by atoms with E-state index in [1.807, 2.05) is 25.6 Å². The van der Waals surface area contributed by atoms with Crippen molar-refractivity contribution in [3.63, 3.8) is 0 Å². The summed E-state index contributed by atoms with van der Waals surface area (Å²) < 4.78 is 5.52. The van der Waals surface area contributed by atoms with Gasteiger partial charge in [-0.05, 0) is 17.6 Å². The fourth-order valence-electron chi connectivity index (χ4n) is 1.32. The van der Waals surface area contributed by atoms with Gasteiger partial charge in [-0.1, -0.05) is 27.7 Å².